The maximum Gasteiger partial charge on any atom is 0.162 e. The van der Waals surface area contributed by atoms with Gasteiger partial charge in [-0.2, -0.15) is 0 Å². The van der Waals surface area contributed by atoms with Gasteiger partial charge in [-0.3, -0.25) is 4.99 Å². The van der Waals surface area contributed by atoms with Gasteiger partial charge >= 0.3 is 0 Å². The van der Waals surface area contributed by atoms with Crippen LogP contribution in [0.3, 0.4) is 0 Å². The summed E-state index contributed by atoms with van der Waals surface area (Å²) in [7, 11) is 0. The number of para-hydroxylation sites is 2. The predicted octanol–water partition coefficient (Wildman–Crippen LogP) is 3.64. The van der Waals surface area contributed by atoms with E-state index in [0.717, 1.165) is 30.4 Å². The number of nitrogens with one attached hydrogen (secondary N) is 1. The van der Waals surface area contributed by atoms with Gasteiger partial charge in [-0.05, 0) is 24.6 Å². The molecule has 126 valence electrons. The van der Waals surface area contributed by atoms with Crippen molar-refractivity contribution in [3.05, 3.63) is 60.2 Å². The van der Waals surface area contributed by atoms with Gasteiger partial charge in [-0.25, -0.2) is 0 Å². The normalized spacial score (nSPS) is 16.0. The second-order valence-corrected chi connectivity index (χ2v) is 5.81. The van der Waals surface area contributed by atoms with Crippen LogP contribution in [-0.2, 0) is 0 Å². The third kappa shape index (κ3) is 3.70. The minimum Gasteiger partial charge on any atom is -0.490 e. The second kappa shape index (κ2) is 7.86. The molecule has 2 aromatic rings. The van der Waals surface area contributed by atoms with Crippen molar-refractivity contribution in [2.24, 2.45) is 4.99 Å². The molecule has 4 nitrogen and oxygen atoms in total. The van der Waals surface area contributed by atoms with Gasteiger partial charge in [0.15, 0.2) is 17.6 Å². The SMILES string of the molecule is CCOc1ccccc1OC(C1=NCCN1)C(C)c1ccccc1. The maximum absolute atomic E-state index is 6.38. The number of benzene rings is 2. The maximum atomic E-state index is 6.38. The van der Waals surface area contributed by atoms with Crippen molar-refractivity contribution >= 4 is 5.84 Å². The van der Waals surface area contributed by atoms with E-state index in [-0.39, 0.29) is 12.0 Å². The molecule has 0 radical (unpaired) electrons. The van der Waals surface area contributed by atoms with Crippen LogP contribution in [0.25, 0.3) is 0 Å². The van der Waals surface area contributed by atoms with Gasteiger partial charge in [-0.1, -0.05) is 49.4 Å². The fourth-order valence-corrected chi connectivity index (χ4v) is 2.89. The molecule has 1 heterocycles. The Bertz CT molecular complexity index is 685. The van der Waals surface area contributed by atoms with Crippen molar-refractivity contribution in [1.29, 1.82) is 0 Å². The fraction of sp³-hybridized carbons (Fsp3) is 0.350. The van der Waals surface area contributed by atoms with Crippen LogP contribution >= 0.6 is 0 Å². The Morgan fingerprint density at radius 2 is 1.75 bits per heavy atom. The lowest BCUT2D eigenvalue weighted by molar-refractivity contribution is 0.220. The summed E-state index contributed by atoms with van der Waals surface area (Å²) in [6, 6.07) is 18.2. The largest absolute Gasteiger partial charge is 0.490 e. The number of amidine groups is 1. The standard InChI is InChI=1S/C20H24N2O2/c1-3-23-17-11-7-8-12-18(17)24-19(20-21-13-14-22-20)15(2)16-9-5-4-6-10-16/h4-12,15,19H,3,13-14H2,1-2H3,(H,21,22). The zero-order valence-corrected chi connectivity index (χ0v) is 14.2. The van der Waals surface area contributed by atoms with E-state index >= 15 is 0 Å². The average Bonchev–Trinajstić information content (AvgIpc) is 3.16. The number of hydrogen-bond acceptors (Lipinski definition) is 4. The topological polar surface area (TPSA) is 42.9 Å². The molecule has 0 saturated carbocycles. The molecule has 1 N–H and O–H groups in total. The van der Waals surface area contributed by atoms with Crippen molar-refractivity contribution in [2.45, 2.75) is 25.9 Å². The van der Waals surface area contributed by atoms with Crippen LogP contribution in [0.2, 0.25) is 0 Å². The van der Waals surface area contributed by atoms with Crippen LogP contribution in [0.4, 0.5) is 0 Å². The summed E-state index contributed by atoms with van der Waals surface area (Å²) >= 11 is 0. The molecule has 2 aromatic carbocycles. The molecular weight excluding hydrogens is 300 g/mol. The van der Waals surface area contributed by atoms with Gasteiger partial charge in [0.1, 0.15) is 5.84 Å². The zero-order chi connectivity index (χ0) is 16.8. The minimum atomic E-state index is -0.170. The molecule has 3 rings (SSSR count). The van der Waals surface area contributed by atoms with E-state index in [1.807, 2.05) is 37.3 Å². The van der Waals surface area contributed by atoms with Gasteiger partial charge in [-0.15, -0.1) is 0 Å². The molecule has 0 fully saturated rings. The van der Waals surface area contributed by atoms with E-state index in [4.69, 9.17) is 9.47 Å². The zero-order valence-electron chi connectivity index (χ0n) is 14.2. The molecule has 0 saturated heterocycles. The first kappa shape index (κ1) is 16.4. The first-order valence-corrected chi connectivity index (χ1v) is 8.51. The Labute approximate surface area is 143 Å². The van der Waals surface area contributed by atoms with Gasteiger partial charge in [0.2, 0.25) is 0 Å². The van der Waals surface area contributed by atoms with Crippen molar-refractivity contribution < 1.29 is 9.47 Å². The lowest BCUT2D eigenvalue weighted by Gasteiger charge is -2.26. The Balaban J connectivity index is 1.89. The molecule has 1 aliphatic rings. The third-order valence-electron chi connectivity index (χ3n) is 4.15. The average molecular weight is 324 g/mol. The van der Waals surface area contributed by atoms with Crippen LogP contribution in [0, 0.1) is 0 Å². The Kier molecular flexibility index (Phi) is 5.36. The van der Waals surface area contributed by atoms with Crippen molar-refractivity contribution in [3.8, 4) is 11.5 Å². The van der Waals surface area contributed by atoms with Crippen molar-refractivity contribution in [1.82, 2.24) is 5.32 Å². The van der Waals surface area contributed by atoms with Crippen LogP contribution in [0.15, 0.2) is 59.6 Å². The van der Waals surface area contributed by atoms with Crippen LogP contribution in [-0.4, -0.2) is 31.6 Å². The highest BCUT2D eigenvalue weighted by atomic mass is 16.5. The monoisotopic (exact) mass is 324 g/mol. The summed E-state index contributed by atoms with van der Waals surface area (Å²) < 4.78 is 12.1. The number of nitrogens with zero attached hydrogens (tertiary/aromatic N) is 1. The van der Waals surface area contributed by atoms with E-state index in [1.165, 1.54) is 5.56 Å². The lowest BCUT2D eigenvalue weighted by atomic mass is 9.94. The summed E-state index contributed by atoms with van der Waals surface area (Å²) in [5.74, 6) is 2.61. The van der Waals surface area contributed by atoms with E-state index < -0.39 is 0 Å². The van der Waals surface area contributed by atoms with Gasteiger partial charge in [0, 0.05) is 12.5 Å². The van der Waals surface area contributed by atoms with Gasteiger partial charge < -0.3 is 14.8 Å². The quantitative estimate of drug-likeness (QED) is 0.845. The Hall–Kier alpha value is -2.49. The molecule has 24 heavy (non-hydrogen) atoms. The number of hydrogen-bond donors (Lipinski definition) is 1. The molecule has 0 bridgehead atoms. The van der Waals surface area contributed by atoms with Crippen LogP contribution in [0.5, 0.6) is 11.5 Å². The fourth-order valence-electron chi connectivity index (χ4n) is 2.89. The highest BCUT2D eigenvalue weighted by molar-refractivity contribution is 5.89. The summed E-state index contributed by atoms with van der Waals surface area (Å²) in [6.45, 7) is 6.42. The predicted molar refractivity (Wildman–Crippen MR) is 97.2 cm³/mol. The molecule has 0 amide bonds. The Morgan fingerprint density at radius 1 is 1.04 bits per heavy atom. The summed E-state index contributed by atoms with van der Waals surface area (Å²) in [6.07, 6.45) is -0.170. The summed E-state index contributed by atoms with van der Waals surface area (Å²) in [5, 5.41) is 3.36. The Morgan fingerprint density at radius 3 is 2.42 bits per heavy atom. The van der Waals surface area contributed by atoms with E-state index in [9.17, 15) is 0 Å². The third-order valence-corrected chi connectivity index (χ3v) is 4.15. The van der Waals surface area contributed by atoms with Crippen LogP contribution in [0.1, 0.15) is 25.3 Å². The first-order chi connectivity index (χ1) is 11.8. The van der Waals surface area contributed by atoms with E-state index in [1.54, 1.807) is 0 Å². The van der Waals surface area contributed by atoms with E-state index in [2.05, 4.69) is 41.5 Å². The highest BCUT2D eigenvalue weighted by Gasteiger charge is 2.28. The first-order valence-electron chi connectivity index (χ1n) is 8.51. The van der Waals surface area contributed by atoms with Gasteiger partial charge in [0.25, 0.3) is 0 Å². The molecule has 4 heteroatoms. The number of rotatable bonds is 7. The molecule has 0 aromatic heterocycles. The lowest BCUT2D eigenvalue weighted by Crippen LogP contribution is -2.39. The smallest absolute Gasteiger partial charge is 0.162 e. The second-order valence-electron chi connectivity index (χ2n) is 5.81. The van der Waals surface area contributed by atoms with Crippen molar-refractivity contribution in [2.75, 3.05) is 19.7 Å². The minimum absolute atomic E-state index is 0.170. The van der Waals surface area contributed by atoms with Crippen LogP contribution < -0.4 is 14.8 Å². The number of aliphatic imine (C=N–C) groups is 1. The highest BCUT2D eigenvalue weighted by Crippen LogP contribution is 2.31. The summed E-state index contributed by atoms with van der Waals surface area (Å²) in [5.41, 5.74) is 1.23. The van der Waals surface area contributed by atoms with Gasteiger partial charge in [0.05, 0.1) is 13.2 Å². The van der Waals surface area contributed by atoms with Crippen molar-refractivity contribution in [3.63, 3.8) is 0 Å². The molecule has 1 aliphatic heterocycles. The molecular formula is C20H24N2O2. The number of ether oxygens (including phenoxy) is 2. The molecule has 0 spiro atoms. The molecule has 0 aliphatic carbocycles. The molecule has 2 unspecified atom stereocenters. The van der Waals surface area contributed by atoms with E-state index in [0.29, 0.717) is 6.61 Å². The summed E-state index contributed by atoms with van der Waals surface area (Å²) in [4.78, 5) is 4.59. The molecule has 2 atom stereocenters.